The SMILES string of the molecule is Cc1cc(C)cc(-c2ccc(C)c(-c3cc(-c4cc(C)cc(C)c4)cc4c3CCc3ccc(-c5cc(C)cc(C)c5)cc3C4(C)C)c2)c1. The maximum absolute atomic E-state index is 2.52. The number of fused-ring (bicyclic) bond motifs is 2. The van der Waals surface area contributed by atoms with Gasteiger partial charge in [-0.3, -0.25) is 0 Å². The van der Waals surface area contributed by atoms with Crippen LogP contribution in [0, 0.1) is 48.5 Å². The summed E-state index contributed by atoms with van der Waals surface area (Å²) >= 11 is 0. The quantitative estimate of drug-likeness (QED) is 0.183. The van der Waals surface area contributed by atoms with Crippen LogP contribution in [-0.4, -0.2) is 0 Å². The molecule has 0 unspecified atom stereocenters. The van der Waals surface area contributed by atoms with E-state index in [1.807, 2.05) is 0 Å². The maximum atomic E-state index is 2.52. The Labute approximate surface area is 288 Å². The fraction of sp³-hybridized carbons (Fsp3) is 0.250. The first kappa shape index (κ1) is 31.9. The third kappa shape index (κ3) is 5.94. The van der Waals surface area contributed by atoms with Crippen molar-refractivity contribution in [2.45, 2.75) is 80.6 Å². The Morgan fingerprint density at radius 2 is 0.792 bits per heavy atom. The number of aryl methyl sites for hydroxylation is 8. The first-order valence-corrected chi connectivity index (χ1v) is 17.5. The summed E-state index contributed by atoms with van der Waals surface area (Å²) in [6.07, 6.45) is 2.05. The van der Waals surface area contributed by atoms with Crippen LogP contribution in [0.2, 0.25) is 0 Å². The van der Waals surface area contributed by atoms with Gasteiger partial charge in [0.05, 0.1) is 0 Å². The van der Waals surface area contributed by atoms with Crippen molar-refractivity contribution in [1.82, 2.24) is 0 Å². The lowest BCUT2D eigenvalue weighted by Crippen LogP contribution is -2.21. The van der Waals surface area contributed by atoms with E-state index in [0.29, 0.717) is 0 Å². The Bertz CT molecular complexity index is 2160. The van der Waals surface area contributed by atoms with Crippen LogP contribution >= 0.6 is 0 Å². The van der Waals surface area contributed by atoms with Crippen LogP contribution in [0.4, 0.5) is 0 Å². The van der Waals surface area contributed by atoms with Gasteiger partial charge in [-0.25, -0.2) is 0 Å². The van der Waals surface area contributed by atoms with Crippen molar-refractivity contribution in [2.24, 2.45) is 0 Å². The highest BCUT2D eigenvalue weighted by Gasteiger charge is 2.33. The summed E-state index contributed by atoms with van der Waals surface area (Å²) in [6, 6.07) is 40.1. The van der Waals surface area contributed by atoms with E-state index in [9.17, 15) is 0 Å². The fourth-order valence-electron chi connectivity index (χ4n) is 8.38. The summed E-state index contributed by atoms with van der Waals surface area (Å²) < 4.78 is 0. The van der Waals surface area contributed by atoms with Crippen LogP contribution < -0.4 is 0 Å². The highest BCUT2D eigenvalue weighted by Crippen LogP contribution is 2.46. The van der Waals surface area contributed by atoms with E-state index in [2.05, 4.69) is 165 Å². The van der Waals surface area contributed by atoms with Crippen molar-refractivity contribution in [1.29, 1.82) is 0 Å². The molecule has 6 aromatic carbocycles. The highest BCUT2D eigenvalue weighted by molar-refractivity contribution is 5.83. The zero-order valence-corrected chi connectivity index (χ0v) is 30.2. The number of benzene rings is 6. The van der Waals surface area contributed by atoms with Gasteiger partial charge in [-0.15, -0.1) is 0 Å². The second-order valence-corrected chi connectivity index (χ2v) is 15.2. The van der Waals surface area contributed by atoms with Crippen molar-refractivity contribution in [3.05, 3.63) is 164 Å². The molecule has 0 heteroatoms. The van der Waals surface area contributed by atoms with E-state index in [0.717, 1.165) is 12.8 Å². The molecule has 0 atom stereocenters. The smallest absolute Gasteiger partial charge is 0.0152 e. The minimum absolute atomic E-state index is 0.182. The van der Waals surface area contributed by atoms with Crippen molar-refractivity contribution in [3.63, 3.8) is 0 Å². The summed E-state index contributed by atoms with van der Waals surface area (Å²) in [5, 5.41) is 0. The molecule has 0 saturated carbocycles. The Morgan fingerprint density at radius 3 is 1.33 bits per heavy atom. The van der Waals surface area contributed by atoms with Gasteiger partial charge in [0.25, 0.3) is 0 Å². The molecule has 0 amide bonds. The van der Waals surface area contributed by atoms with Crippen molar-refractivity contribution in [3.8, 4) is 44.5 Å². The minimum Gasteiger partial charge on any atom is -0.0581 e. The lowest BCUT2D eigenvalue weighted by molar-refractivity contribution is 0.637. The van der Waals surface area contributed by atoms with E-state index in [-0.39, 0.29) is 5.41 Å². The van der Waals surface area contributed by atoms with Gasteiger partial charge in [-0.05, 0) is 158 Å². The Kier molecular flexibility index (Phi) is 8.03. The molecular formula is C48H48. The predicted octanol–water partition coefficient (Wildman–Crippen LogP) is 12.9. The second-order valence-electron chi connectivity index (χ2n) is 15.2. The highest BCUT2D eigenvalue weighted by atomic mass is 14.4. The van der Waals surface area contributed by atoms with Crippen LogP contribution in [0.5, 0.6) is 0 Å². The van der Waals surface area contributed by atoms with Crippen molar-refractivity contribution >= 4 is 0 Å². The predicted molar refractivity (Wildman–Crippen MR) is 207 cm³/mol. The summed E-state index contributed by atoms with van der Waals surface area (Å²) in [6.45, 7) is 20.4. The summed E-state index contributed by atoms with van der Waals surface area (Å²) in [5.74, 6) is 0. The molecule has 48 heavy (non-hydrogen) atoms. The van der Waals surface area contributed by atoms with Gasteiger partial charge in [-0.2, -0.15) is 0 Å². The molecule has 0 heterocycles. The Hall–Kier alpha value is -4.68. The average Bonchev–Trinajstić information content (AvgIpc) is 3.13. The van der Waals surface area contributed by atoms with Crippen LogP contribution in [0.1, 0.15) is 75.0 Å². The first-order chi connectivity index (χ1) is 22.8. The Morgan fingerprint density at radius 1 is 0.375 bits per heavy atom. The maximum Gasteiger partial charge on any atom is 0.0152 e. The second kappa shape index (κ2) is 12.1. The lowest BCUT2D eigenvalue weighted by atomic mass is 9.73. The molecule has 0 spiro atoms. The van der Waals surface area contributed by atoms with Crippen LogP contribution in [0.15, 0.2) is 103 Å². The van der Waals surface area contributed by atoms with Gasteiger partial charge in [0.15, 0.2) is 0 Å². The third-order valence-corrected chi connectivity index (χ3v) is 10.5. The summed E-state index contributed by atoms with van der Waals surface area (Å²) in [7, 11) is 0. The zero-order valence-electron chi connectivity index (χ0n) is 30.2. The average molecular weight is 625 g/mol. The molecule has 0 N–H and O–H groups in total. The topological polar surface area (TPSA) is 0 Å². The van der Waals surface area contributed by atoms with Gasteiger partial charge in [0.1, 0.15) is 0 Å². The first-order valence-electron chi connectivity index (χ1n) is 17.5. The van der Waals surface area contributed by atoms with Crippen LogP contribution in [0.25, 0.3) is 44.5 Å². The lowest BCUT2D eigenvalue weighted by Gasteiger charge is -2.31. The third-order valence-electron chi connectivity index (χ3n) is 10.5. The monoisotopic (exact) mass is 624 g/mol. The van der Waals surface area contributed by atoms with Gasteiger partial charge >= 0.3 is 0 Å². The molecule has 0 aromatic heterocycles. The largest absolute Gasteiger partial charge is 0.0581 e. The van der Waals surface area contributed by atoms with E-state index in [1.165, 1.54) is 106 Å². The Balaban J connectivity index is 1.48. The van der Waals surface area contributed by atoms with Gasteiger partial charge in [0, 0.05) is 5.41 Å². The number of hydrogen-bond acceptors (Lipinski definition) is 0. The molecule has 0 radical (unpaired) electrons. The zero-order chi connectivity index (χ0) is 33.9. The van der Waals surface area contributed by atoms with Gasteiger partial charge in [-0.1, -0.05) is 126 Å². The van der Waals surface area contributed by atoms with E-state index in [1.54, 1.807) is 0 Å². The molecule has 0 saturated heterocycles. The molecule has 1 aliphatic carbocycles. The minimum atomic E-state index is -0.182. The molecule has 0 bridgehead atoms. The molecule has 6 aromatic rings. The fourth-order valence-corrected chi connectivity index (χ4v) is 8.38. The normalized spacial score (nSPS) is 13.5. The van der Waals surface area contributed by atoms with Crippen LogP contribution in [-0.2, 0) is 18.3 Å². The van der Waals surface area contributed by atoms with E-state index in [4.69, 9.17) is 0 Å². The molecule has 0 aliphatic heterocycles. The molecule has 0 fully saturated rings. The summed E-state index contributed by atoms with van der Waals surface area (Å²) in [5.41, 5.74) is 25.3. The number of rotatable bonds is 4. The molecule has 240 valence electrons. The van der Waals surface area contributed by atoms with Crippen molar-refractivity contribution < 1.29 is 0 Å². The van der Waals surface area contributed by atoms with Crippen LogP contribution in [0.3, 0.4) is 0 Å². The molecule has 1 aliphatic rings. The van der Waals surface area contributed by atoms with Gasteiger partial charge in [0.2, 0.25) is 0 Å². The van der Waals surface area contributed by atoms with Gasteiger partial charge < -0.3 is 0 Å². The number of hydrogen-bond donors (Lipinski definition) is 0. The summed E-state index contributed by atoms with van der Waals surface area (Å²) in [4.78, 5) is 0. The molecular weight excluding hydrogens is 577 g/mol. The van der Waals surface area contributed by atoms with E-state index >= 15 is 0 Å². The van der Waals surface area contributed by atoms with Crippen molar-refractivity contribution in [2.75, 3.05) is 0 Å². The van der Waals surface area contributed by atoms with E-state index < -0.39 is 0 Å². The molecule has 0 nitrogen and oxygen atoms in total. The molecule has 7 rings (SSSR count). The standard InChI is InChI=1S/C48H48/c1-29-16-30(2)20-39(19-29)37-11-10-35(7)44(25-37)45-26-42(41-23-33(5)18-34(6)24-41)28-47-43(45)15-14-36-12-13-38(27-46(36)48(47,8)9)40-21-31(3)17-32(4)22-40/h10-13,16-28H,14-15H2,1-9H3.